The summed E-state index contributed by atoms with van der Waals surface area (Å²) in [6.07, 6.45) is 6.91. The molecule has 14 rings (SSSR count). The fourth-order valence-electron chi connectivity index (χ4n) is 12.1. The predicted molar refractivity (Wildman–Crippen MR) is 280 cm³/mol. The number of hydrogen-bond donors (Lipinski definition) is 0. The SMILES string of the molecule is C(=C\c1ccc(N2c3ccccc3N(c3ccccc3)c3ccccc32)c2ccccc12)/c1ccc2c(c1)C1(c3ccccc3-c3ccccc31)c1cc(N3CCCc4ccccc43)ccc1-2. The highest BCUT2D eigenvalue weighted by molar-refractivity contribution is 6.09. The minimum atomic E-state index is -0.446. The van der Waals surface area contributed by atoms with Crippen LogP contribution < -0.4 is 14.7 Å². The summed E-state index contributed by atoms with van der Waals surface area (Å²) in [6, 6.07) is 83.4. The van der Waals surface area contributed by atoms with E-state index in [1.165, 1.54) is 83.3 Å². The molecule has 0 unspecified atom stereocenters. The van der Waals surface area contributed by atoms with Crippen LogP contribution in [0.4, 0.5) is 45.5 Å². The highest BCUT2D eigenvalue weighted by atomic mass is 15.3. The molecular weight excluding hydrogens is 811 g/mol. The first-order chi connectivity index (χ1) is 33.3. The normalized spacial score (nSPS) is 14.7. The third kappa shape index (κ3) is 5.52. The molecule has 2 aliphatic heterocycles. The zero-order valence-electron chi connectivity index (χ0n) is 37.0. The molecule has 67 heavy (non-hydrogen) atoms. The van der Waals surface area contributed by atoms with Gasteiger partial charge >= 0.3 is 0 Å². The van der Waals surface area contributed by atoms with Gasteiger partial charge in [-0.05, 0) is 146 Å². The van der Waals surface area contributed by atoms with Gasteiger partial charge in [0, 0.05) is 29.0 Å². The topological polar surface area (TPSA) is 9.72 Å². The van der Waals surface area contributed by atoms with E-state index in [1.807, 2.05) is 0 Å². The zero-order valence-corrected chi connectivity index (χ0v) is 37.0. The Labute approximate surface area is 391 Å². The summed E-state index contributed by atoms with van der Waals surface area (Å²) in [5.74, 6) is 0. The summed E-state index contributed by atoms with van der Waals surface area (Å²) in [7, 11) is 0. The lowest BCUT2D eigenvalue weighted by Crippen LogP contribution is -2.27. The third-order valence-corrected chi connectivity index (χ3v) is 14.9. The van der Waals surface area contributed by atoms with Gasteiger partial charge in [0.1, 0.15) is 0 Å². The largest absolute Gasteiger partial charge is 0.341 e. The van der Waals surface area contributed by atoms with E-state index < -0.39 is 5.41 Å². The van der Waals surface area contributed by atoms with Crippen molar-refractivity contribution in [2.45, 2.75) is 18.3 Å². The van der Waals surface area contributed by atoms with Crippen molar-refractivity contribution < 1.29 is 0 Å². The molecule has 0 atom stereocenters. The monoisotopic (exact) mass is 855 g/mol. The van der Waals surface area contributed by atoms with Gasteiger partial charge in [-0.1, -0.05) is 170 Å². The second kappa shape index (κ2) is 14.8. The zero-order chi connectivity index (χ0) is 44.1. The third-order valence-electron chi connectivity index (χ3n) is 14.9. The molecule has 2 aliphatic carbocycles. The number of para-hydroxylation sites is 6. The smallest absolute Gasteiger partial charge is 0.0726 e. The molecule has 0 radical (unpaired) electrons. The van der Waals surface area contributed by atoms with E-state index >= 15 is 0 Å². The van der Waals surface area contributed by atoms with Crippen molar-refractivity contribution in [3.8, 4) is 22.3 Å². The highest BCUT2D eigenvalue weighted by Crippen LogP contribution is 2.63. The maximum atomic E-state index is 2.55. The van der Waals surface area contributed by atoms with Gasteiger partial charge in [-0.2, -0.15) is 0 Å². The molecule has 0 aromatic heterocycles. The van der Waals surface area contributed by atoms with Crippen molar-refractivity contribution in [2.75, 3.05) is 21.2 Å². The Kier molecular flexibility index (Phi) is 8.39. The number of rotatable bonds is 5. The van der Waals surface area contributed by atoms with Crippen molar-refractivity contribution in [1.82, 2.24) is 0 Å². The first-order valence-electron chi connectivity index (χ1n) is 23.6. The number of hydrogen-bond acceptors (Lipinski definition) is 3. The van der Waals surface area contributed by atoms with Crippen LogP contribution in [0.15, 0.2) is 224 Å². The molecule has 316 valence electrons. The average Bonchev–Trinajstić information content (AvgIpc) is 3.86. The Morgan fingerprint density at radius 3 is 1.63 bits per heavy atom. The predicted octanol–water partition coefficient (Wildman–Crippen LogP) is 16.7. The van der Waals surface area contributed by atoms with Crippen molar-refractivity contribution in [1.29, 1.82) is 0 Å². The lowest BCUT2D eigenvalue weighted by atomic mass is 9.70. The van der Waals surface area contributed by atoms with Gasteiger partial charge in [-0.15, -0.1) is 0 Å². The first-order valence-corrected chi connectivity index (χ1v) is 23.6. The van der Waals surface area contributed by atoms with Gasteiger partial charge in [0.25, 0.3) is 0 Å². The van der Waals surface area contributed by atoms with Crippen LogP contribution in [0.2, 0.25) is 0 Å². The Balaban J connectivity index is 0.896. The van der Waals surface area contributed by atoms with Gasteiger partial charge in [-0.3, -0.25) is 0 Å². The number of fused-ring (bicyclic) bond motifs is 14. The van der Waals surface area contributed by atoms with Crippen molar-refractivity contribution in [3.05, 3.63) is 263 Å². The Hall–Kier alpha value is -8.40. The highest BCUT2D eigenvalue weighted by Gasteiger charge is 2.52. The average molecular weight is 856 g/mol. The molecule has 0 saturated heterocycles. The van der Waals surface area contributed by atoms with Crippen LogP contribution in [0.5, 0.6) is 0 Å². The second-order valence-corrected chi connectivity index (χ2v) is 18.3. The van der Waals surface area contributed by atoms with Gasteiger partial charge < -0.3 is 14.7 Å². The molecule has 0 saturated carbocycles. The molecule has 2 heterocycles. The lowest BCUT2D eigenvalue weighted by Gasteiger charge is -2.40. The molecule has 3 nitrogen and oxygen atoms in total. The summed E-state index contributed by atoms with van der Waals surface area (Å²) in [5.41, 5.74) is 23.6. The van der Waals surface area contributed by atoms with E-state index in [-0.39, 0.29) is 0 Å². The van der Waals surface area contributed by atoms with E-state index in [2.05, 4.69) is 251 Å². The van der Waals surface area contributed by atoms with E-state index in [1.54, 1.807) is 0 Å². The second-order valence-electron chi connectivity index (χ2n) is 18.3. The van der Waals surface area contributed by atoms with Crippen LogP contribution in [0, 0.1) is 0 Å². The van der Waals surface area contributed by atoms with Crippen LogP contribution in [-0.4, -0.2) is 6.54 Å². The minimum absolute atomic E-state index is 0.446. The standard InChI is InChI=1S/C64H45N3/c1-2-19-46(20-3-1)66-60-28-12-14-30-62(60)67(63-31-15-13-29-61(63)66)59-39-35-44(48-21-5-6-24-53(48)59)34-32-43-33-37-51-52-38-36-47(65-40-16-18-45-17-4-11-27-58(45)65)42-57(52)64(56(51)41-43)54-25-9-7-22-49(54)50-23-8-10-26-55(50)64/h1-15,17,19-39,41-42H,16,18,40H2/b34-32+. The van der Waals surface area contributed by atoms with E-state index in [0.29, 0.717) is 0 Å². The lowest BCUT2D eigenvalue weighted by molar-refractivity contribution is 0.762. The molecule has 0 amide bonds. The van der Waals surface area contributed by atoms with Crippen molar-refractivity contribution >= 4 is 68.4 Å². The van der Waals surface area contributed by atoms with Crippen LogP contribution >= 0.6 is 0 Å². The molecule has 4 aliphatic rings. The van der Waals surface area contributed by atoms with E-state index in [4.69, 9.17) is 0 Å². The molecule has 3 heteroatoms. The van der Waals surface area contributed by atoms with Crippen LogP contribution in [0.1, 0.15) is 45.4 Å². The quantitative estimate of drug-likeness (QED) is 0.160. The number of anilines is 8. The molecule has 10 aromatic carbocycles. The van der Waals surface area contributed by atoms with E-state index in [0.717, 1.165) is 53.5 Å². The minimum Gasteiger partial charge on any atom is -0.341 e. The fourth-order valence-corrected chi connectivity index (χ4v) is 12.1. The van der Waals surface area contributed by atoms with Crippen LogP contribution in [-0.2, 0) is 11.8 Å². The number of benzene rings is 10. The van der Waals surface area contributed by atoms with Crippen LogP contribution in [0.3, 0.4) is 0 Å². The van der Waals surface area contributed by atoms with E-state index in [9.17, 15) is 0 Å². The summed E-state index contributed by atoms with van der Waals surface area (Å²) >= 11 is 0. The Bertz CT molecular complexity index is 3560. The maximum absolute atomic E-state index is 2.55. The molecule has 1 spiro atoms. The molecular formula is C64H45N3. The summed E-state index contributed by atoms with van der Waals surface area (Å²) in [6.45, 7) is 1.01. The van der Waals surface area contributed by atoms with Crippen LogP contribution in [0.25, 0.3) is 45.2 Å². The molecule has 0 N–H and O–H groups in total. The summed E-state index contributed by atoms with van der Waals surface area (Å²) < 4.78 is 0. The molecule has 0 bridgehead atoms. The Morgan fingerprint density at radius 1 is 0.358 bits per heavy atom. The first kappa shape index (κ1) is 37.9. The van der Waals surface area contributed by atoms with Crippen molar-refractivity contribution in [2.24, 2.45) is 0 Å². The van der Waals surface area contributed by atoms with Gasteiger partial charge in [0.15, 0.2) is 0 Å². The van der Waals surface area contributed by atoms with Gasteiger partial charge in [0.05, 0.1) is 33.9 Å². The van der Waals surface area contributed by atoms with Gasteiger partial charge in [0.2, 0.25) is 0 Å². The summed E-state index contributed by atoms with van der Waals surface area (Å²) in [5, 5.41) is 2.42. The fraction of sp³-hybridized carbons (Fsp3) is 0.0625. The number of aryl methyl sites for hydroxylation is 1. The molecule has 10 aromatic rings. The van der Waals surface area contributed by atoms with Gasteiger partial charge in [-0.25, -0.2) is 0 Å². The molecule has 0 fully saturated rings. The maximum Gasteiger partial charge on any atom is 0.0726 e. The van der Waals surface area contributed by atoms with Crippen molar-refractivity contribution in [3.63, 3.8) is 0 Å². The summed E-state index contributed by atoms with van der Waals surface area (Å²) in [4.78, 5) is 7.38. The number of nitrogens with zero attached hydrogens (tertiary/aromatic N) is 3. The Morgan fingerprint density at radius 2 is 0.910 bits per heavy atom.